The summed E-state index contributed by atoms with van der Waals surface area (Å²) in [7, 11) is 0. The lowest BCUT2D eigenvalue weighted by atomic mass is 9.80. The molecule has 2 saturated carbocycles. The van der Waals surface area contributed by atoms with Crippen LogP contribution in [0.5, 0.6) is 6.01 Å². The summed E-state index contributed by atoms with van der Waals surface area (Å²) in [6.45, 7) is 7.31. The van der Waals surface area contributed by atoms with Gasteiger partial charge in [-0.05, 0) is 50.5 Å². The summed E-state index contributed by atoms with van der Waals surface area (Å²) < 4.78 is 36.0. The third kappa shape index (κ3) is 2.90. The minimum atomic E-state index is -0.884. The van der Waals surface area contributed by atoms with Gasteiger partial charge < -0.3 is 9.64 Å². The molecule has 0 N–H and O–H groups in total. The van der Waals surface area contributed by atoms with E-state index in [2.05, 4.69) is 21.4 Å². The van der Waals surface area contributed by atoms with Crippen LogP contribution >= 0.6 is 11.6 Å². The van der Waals surface area contributed by atoms with Gasteiger partial charge in [-0.15, -0.1) is 0 Å². The van der Waals surface area contributed by atoms with Gasteiger partial charge in [0.25, 0.3) is 0 Å². The molecule has 34 heavy (non-hydrogen) atoms. The summed E-state index contributed by atoms with van der Waals surface area (Å²) in [6.07, 6.45) is 7.90. The van der Waals surface area contributed by atoms with Crippen LogP contribution < -0.4 is 9.64 Å². The molecule has 0 bridgehead atoms. The molecule has 3 saturated heterocycles. The molecule has 0 amide bonds. The summed E-state index contributed by atoms with van der Waals surface area (Å²) in [6, 6.07) is -0.112. The highest BCUT2D eigenvalue weighted by Gasteiger charge is 2.67. The van der Waals surface area contributed by atoms with Crippen molar-refractivity contribution in [3.8, 4) is 6.01 Å². The van der Waals surface area contributed by atoms with E-state index in [1.165, 1.54) is 31.0 Å². The van der Waals surface area contributed by atoms with Crippen molar-refractivity contribution in [2.24, 2.45) is 11.3 Å². The minimum Gasteiger partial charge on any atom is -0.461 e. The highest BCUT2D eigenvalue weighted by Crippen LogP contribution is 2.66. The van der Waals surface area contributed by atoms with Gasteiger partial charge in [-0.25, -0.2) is 13.8 Å². The lowest BCUT2D eigenvalue weighted by Crippen LogP contribution is -2.49. The van der Waals surface area contributed by atoms with Gasteiger partial charge in [0.05, 0.1) is 17.0 Å². The van der Waals surface area contributed by atoms with Crippen molar-refractivity contribution in [2.45, 2.75) is 62.7 Å². The zero-order valence-corrected chi connectivity index (χ0v) is 19.8. The second kappa shape index (κ2) is 7.23. The standard InChI is InChI=1S/C25H28ClF2N5O/c1-14-10-25(24(5-6-24)7-9-32(25)12-14)13-34-23-30-19-16(11-29-21(26)18(19)28)22(31-23)33-8-3-2-4-15-17(27)20(15)33/h11,15,17,20H,1-10,12-13H2/t15-,17-,20-,25-/m0/s1. The number of nitrogens with zero attached hydrogens (tertiary/aromatic N) is 5. The molecule has 0 aromatic carbocycles. The van der Waals surface area contributed by atoms with Gasteiger partial charge in [0, 0.05) is 25.2 Å². The highest BCUT2D eigenvalue weighted by molar-refractivity contribution is 6.30. The van der Waals surface area contributed by atoms with Gasteiger partial charge in [0.15, 0.2) is 11.0 Å². The predicted molar refractivity (Wildman–Crippen MR) is 126 cm³/mol. The molecule has 7 rings (SSSR count). The molecule has 6 nitrogen and oxygen atoms in total. The van der Waals surface area contributed by atoms with Gasteiger partial charge in [-0.2, -0.15) is 9.97 Å². The van der Waals surface area contributed by atoms with Gasteiger partial charge in [-0.3, -0.25) is 4.90 Å². The van der Waals surface area contributed by atoms with Crippen LogP contribution in [0.15, 0.2) is 18.3 Å². The lowest BCUT2D eigenvalue weighted by molar-refractivity contribution is 0.0649. The molecule has 0 radical (unpaired) electrons. The largest absolute Gasteiger partial charge is 0.461 e. The monoisotopic (exact) mass is 487 g/mol. The van der Waals surface area contributed by atoms with Gasteiger partial charge in [0.2, 0.25) is 0 Å². The Morgan fingerprint density at radius 2 is 2.06 bits per heavy atom. The van der Waals surface area contributed by atoms with Crippen molar-refractivity contribution in [2.75, 3.05) is 31.1 Å². The maximum Gasteiger partial charge on any atom is 0.319 e. The van der Waals surface area contributed by atoms with Crippen molar-refractivity contribution >= 4 is 28.3 Å². The molecule has 1 spiro atoms. The van der Waals surface area contributed by atoms with E-state index < -0.39 is 12.0 Å². The zero-order valence-electron chi connectivity index (χ0n) is 19.1. The lowest BCUT2D eigenvalue weighted by Gasteiger charge is -2.37. The first-order chi connectivity index (χ1) is 16.4. The molecular formula is C25H28ClF2N5O. The molecular weight excluding hydrogens is 460 g/mol. The van der Waals surface area contributed by atoms with Crippen LogP contribution in [0, 0.1) is 17.2 Å². The number of ether oxygens (including phenoxy) is 1. The average molecular weight is 488 g/mol. The second-order valence-corrected chi connectivity index (χ2v) is 11.3. The van der Waals surface area contributed by atoms with Crippen LogP contribution in [0.3, 0.4) is 0 Å². The summed E-state index contributed by atoms with van der Waals surface area (Å²) in [5.41, 5.74) is 1.50. The fourth-order valence-corrected chi connectivity index (χ4v) is 7.27. The smallest absolute Gasteiger partial charge is 0.319 e. The number of rotatable bonds is 4. The fraction of sp³-hybridized carbons (Fsp3) is 0.640. The number of aromatic nitrogens is 3. The Morgan fingerprint density at radius 3 is 2.88 bits per heavy atom. The Labute approximate surface area is 202 Å². The van der Waals surface area contributed by atoms with E-state index in [1.54, 1.807) is 0 Å². The van der Waals surface area contributed by atoms with Crippen LogP contribution in [0.2, 0.25) is 5.15 Å². The normalized spacial score (nSPS) is 33.8. The van der Waals surface area contributed by atoms with Crippen molar-refractivity contribution in [3.63, 3.8) is 0 Å². The Balaban J connectivity index is 1.28. The van der Waals surface area contributed by atoms with Crippen LogP contribution in [0.1, 0.15) is 44.9 Å². The molecule has 5 fully saturated rings. The molecule has 2 aromatic rings. The maximum atomic E-state index is 15.1. The SMILES string of the molecule is C=C1CN2CCC3(CC3)[C@@]2(COc2nc(N3CCCC[C@H]4[C@H](F)[C@H]43)c3cnc(Cl)c(F)c3n2)C1. The first-order valence-electron chi connectivity index (χ1n) is 12.4. The maximum absolute atomic E-state index is 15.1. The van der Waals surface area contributed by atoms with E-state index in [-0.39, 0.29) is 39.6 Å². The Kier molecular flexibility index (Phi) is 4.52. The van der Waals surface area contributed by atoms with Crippen molar-refractivity contribution in [1.29, 1.82) is 0 Å². The number of hydrogen-bond donors (Lipinski definition) is 0. The van der Waals surface area contributed by atoms with Gasteiger partial charge in [-0.1, -0.05) is 30.2 Å². The first kappa shape index (κ1) is 21.2. The van der Waals surface area contributed by atoms with E-state index >= 15 is 4.39 Å². The van der Waals surface area contributed by atoms with E-state index in [4.69, 9.17) is 21.3 Å². The molecule has 2 aromatic heterocycles. The van der Waals surface area contributed by atoms with Crippen LogP contribution in [0.4, 0.5) is 14.6 Å². The molecule has 5 heterocycles. The molecule has 9 heteroatoms. The quantitative estimate of drug-likeness (QED) is 0.460. The summed E-state index contributed by atoms with van der Waals surface area (Å²) in [5, 5.41) is 0.207. The third-order valence-corrected chi connectivity index (χ3v) is 9.42. The number of alkyl halides is 1. The van der Waals surface area contributed by atoms with Crippen LogP contribution in [-0.2, 0) is 0 Å². The van der Waals surface area contributed by atoms with Crippen LogP contribution in [0.25, 0.3) is 10.9 Å². The van der Waals surface area contributed by atoms with E-state index in [9.17, 15) is 4.39 Å². The average Bonchev–Trinajstić information content (AvgIpc) is 3.69. The second-order valence-electron chi connectivity index (χ2n) is 10.9. The van der Waals surface area contributed by atoms with Gasteiger partial charge >= 0.3 is 6.01 Å². The Morgan fingerprint density at radius 1 is 1.21 bits per heavy atom. The minimum absolute atomic E-state index is 0.00662. The molecule has 180 valence electrons. The fourth-order valence-electron chi connectivity index (χ4n) is 7.14. The zero-order chi connectivity index (χ0) is 23.2. The van der Waals surface area contributed by atoms with Crippen LogP contribution in [-0.4, -0.2) is 63.8 Å². The topological polar surface area (TPSA) is 54.4 Å². The first-order valence-corrected chi connectivity index (χ1v) is 12.8. The van der Waals surface area contributed by atoms with E-state index in [0.717, 1.165) is 38.8 Å². The molecule has 5 aliphatic rings. The number of anilines is 1. The predicted octanol–water partition coefficient (Wildman–Crippen LogP) is 4.71. The van der Waals surface area contributed by atoms with Crippen molar-refractivity contribution in [1.82, 2.24) is 19.9 Å². The van der Waals surface area contributed by atoms with Gasteiger partial charge in [0.1, 0.15) is 24.1 Å². The third-order valence-electron chi connectivity index (χ3n) is 9.16. The molecule has 3 aliphatic heterocycles. The van der Waals surface area contributed by atoms with E-state index in [1.807, 2.05) is 4.90 Å². The summed E-state index contributed by atoms with van der Waals surface area (Å²) >= 11 is 6.00. The Bertz CT molecular complexity index is 1210. The molecule has 2 aliphatic carbocycles. The van der Waals surface area contributed by atoms with E-state index in [0.29, 0.717) is 24.4 Å². The number of hydrogen-bond acceptors (Lipinski definition) is 6. The molecule has 4 atom stereocenters. The van der Waals surface area contributed by atoms with Crippen molar-refractivity contribution < 1.29 is 13.5 Å². The summed E-state index contributed by atoms with van der Waals surface area (Å²) in [5.74, 6) is -0.190. The number of halogens is 3. The number of pyridine rings is 1. The Hall–Kier alpha value is -2.06. The highest BCUT2D eigenvalue weighted by atomic mass is 35.5. The van der Waals surface area contributed by atoms with Crippen molar-refractivity contribution in [3.05, 3.63) is 29.3 Å². The molecule has 0 unspecified atom stereocenters. The number of fused-ring (bicyclic) bond motifs is 4. The summed E-state index contributed by atoms with van der Waals surface area (Å²) in [4.78, 5) is 17.7.